The van der Waals surface area contributed by atoms with E-state index < -0.39 is 11.7 Å². The van der Waals surface area contributed by atoms with Crippen molar-refractivity contribution < 1.29 is 13.9 Å². The molecule has 0 aliphatic heterocycles. The van der Waals surface area contributed by atoms with Crippen molar-refractivity contribution in [1.82, 2.24) is 0 Å². The molecule has 3 aromatic rings. The topological polar surface area (TPSA) is 62.1 Å². The molecule has 0 atom stereocenters. The van der Waals surface area contributed by atoms with E-state index >= 15 is 0 Å². The zero-order chi connectivity index (χ0) is 20.6. The van der Waals surface area contributed by atoms with E-state index in [9.17, 15) is 14.4 Å². The van der Waals surface area contributed by atoms with Crippen molar-refractivity contribution in [2.75, 3.05) is 5.32 Å². The lowest BCUT2D eigenvalue weighted by Gasteiger charge is -2.10. The van der Waals surface area contributed by atoms with Crippen molar-refractivity contribution >= 4 is 29.3 Å². The monoisotopic (exact) mass is 406 g/mol. The number of carbonyl (C=O) groups is 1. The fraction of sp³-hybridized carbons (Fsp3) is 0.0435. The highest BCUT2D eigenvalue weighted by molar-refractivity contribution is 6.30. The predicted octanol–water partition coefficient (Wildman–Crippen LogP) is 5.60. The standard InChI is InChI=1S/C23H16ClFN2O2/c24-19-7-5-16(6-8-19)15-29-22-4-2-1-3-17(22)13-18(14-26)23(28)27-21-11-9-20(25)10-12-21/h1-13H,15H2,(H,27,28)/b18-13+. The summed E-state index contributed by atoms with van der Waals surface area (Å²) < 4.78 is 18.8. The second-order valence-corrected chi connectivity index (χ2v) is 6.52. The quantitative estimate of drug-likeness (QED) is 0.428. The number of hydrogen-bond acceptors (Lipinski definition) is 3. The van der Waals surface area contributed by atoms with Crippen LogP contribution in [0, 0.1) is 17.1 Å². The van der Waals surface area contributed by atoms with E-state index in [4.69, 9.17) is 16.3 Å². The second kappa shape index (κ2) is 9.54. The average molecular weight is 407 g/mol. The van der Waals surface area contributed by atoms with Crippen molar-refractivity contribution in [1.29, 1.82) is 5.26 Å². The molecule has 0 aliphatic rings. The van der Waals surface area contributed by atoms with Crippen molar-refractivity contribution in [3.8, 4) is 11.8 Å². The molecule has 1 N–H and O–H groups in total. The number of anilines is 1. The summed E-state index contributed by atoms with van der Waals surface area (Å²) in [6.07, 6.45) is 1.45. The van der Waals surface area contributed by atoms with Gasteiger partial charge in [-0.2, -0.15) is 5.26 Å². The smallest absolute Gasteiger partial charge is 0.266 e. The largest absolute Gasteiger partial charge is 0.488 e. The zero-order valence-corrected chi connectivity index (χ0v) is 16.0. The molecular weight excluding hydrogens is 391 g/mol. The first-order valence-corrected chi connectivity index (χ1v) is 9.08. The van der Waals surface area contributed by atoms with E-state index in [2.05, 4.69) is 5.32 Å². The van der Waals surface area contributed by atoms with Gasteiger partial charge in [0.05, 0.1) is 0 Å². The number of benzene rings is 3. The third-order valence-corrected chi connectivity index (χ3v) is 4.25. The highest BCUT2D eigenvalue weighted by Gasteiger charge is 2.11. The van der Waals surface area contributed by atoms with Gasteiger partial charge in [0.1, 0.15) is 29.8 Å². The number of hydrogen-bond donors (Lipinski definition) is 1. The van der Waals surface area contributed by atoms with E-state index in [1.165, 1.54) is 30.3 Å². The Morgan fingerprint density at radius 2 is 1.76 bits per heavy atom. The predicted molar refractivity (Wildman–Crippen MR) is 111 cm³/mol. The molecule has 0 aromatic heterocycles. The number of rotatable bonds is 6. The first-order valence-electron chi connectivity index (χ1n) is 8.70. The molecule has 0 radical (unpaired) electrons. The average Bonchev–Trinajstić information content (AvgIpc) is 2.74. The maximum atomic E-state index is 13.0. The summed E-state index contributed by atoms with van der Waals surface area (Å²) in [5.41, 5.74) is 1.82. The van der Waals surface area contributed by atoms with Gasteiger partial charge in [-0.15, -0.1) is 0 Å². The molecule has 29 heavy (non-hydrogen) atoms. The number of carbonyl (C=O) groups excluding carboxylic acids is 1. The first-order chi connectivity index (χ1) is 14.0. The summed E-state index contributed by atoms with van der Waals surface area (Å²) in [5.74, 6) is -0.470. The van der Waals surface area contributed by atoms with Crippen LogP contribution in [0.3, 0.4) is 0 Å². The maximum Gasteiger partial charge on any atom is 0.266 e. The Morgan fingerprint density at radius 3 is 2.45 bits per heavy atom. The summed E-state index contributed by atoms with van der Waals surface area (Å²) in [5, 5.41) is 12.6. The number of nitrogens with one attached hydrogen (secondary N) is 1. The van der Waals surface area contributed by atoms with Gasteiger partial charge in [-0.1, -0.05) is 41.9 Å². The van der Waals surface area contributed by atoms with E-state index in [1.54, 1.807) is 36.4 Å². The van der Waals surface area contributed by atoms with Crippen molar-refractivity contribution in [3.05, 3.63) is 100 Å². The Labute approximate surface area is 172 Å². The van der Waals surface area contributed by atoms with Gasteiger partial charge in [-0.25, -0.2) is 4.39 Å². The Morgan fingerprint density at radius 1 is 1.07 bits per heavy atom. The second-order valence-electron chi connectivity index (χ2n) is 6.08. The van der Waals surface area contributed by atoms with Gasteiger partial charge in [0.2, 0.25) is 0 Å². The van der Waals surface area contributed by atoms with Crippen LogP contribution < -0.4 is 10.1 Å². The van der Waals surface area contributed by atoms with Crippen LogP contribution >= 0.6 is 11.6 Å². The van der Waals surface area contributed by atoms with E-state index in [-0.39, 0.29) is 5.57 Å². The SMILES string of the molecule is N#C/C(=C\c1ccccc1OCc1ccc(Cl)cc1)C(=O)Nc1ccc(F)cc1. The normalized spacial score (nSPS) is 10.9. The lowest BCUT2D eigenvalue weighted by atomic mass is 10.1. The molecular formula is C23H16ClFN2O2. The molecule has 1 amide bonds. The summed E-state index contributed by atoms with van der Waals surface area (Å²) >= 11 is 5.89. The highest BCUT2D eigenvalue weighted by Crippen LogP contribution is 2.23. The van der Waals surface area contributed by atoms with Crippen LogP contribution in [-0.2, 0) is 11.4 Å². The number of nitriles is 1. The van der Waals surface area contributed by atoms with Gasteiger partial charge >= 0.3 is 0 Å². The molecule has 0 aliphatic carbocycles. The number of amides is 1. The van der Waals surface area contributed by atoms with Crippen LogP contribution in [0.2, 0.25) is 5.02 Å². The van der Waals surface area contributed by atoms with Crippen molar-refractivity contribution in [3.63, 3.8) is 0 Å². The minimum absolute atomic E-state index is 0.100. The number of halogens is 2. The molecule has 0 fully saturated rings. The minimum Gasteiger partial charge on any atom is -0.488 e. The molecule has 0 heterocycles. The van der Waals surface area contributed by atoms with Crippen molar-refractivity contribution in [2.24, 2.45) is 0 Å². The molecule has 0 spiro atoms. The molecule has 0 unspecified atom stereocenters. The molecule has 144 valence electrons. The Bertz CT molecular complexity index is 1070. The van der Waals surface area contributed by atoms with Gasteiger partial charge in [-0.05, 0) is 54.1 Å². The van der Waals surface area contributed by atoms with Gasteiger partial charge in [0, 0.05) is 16.3 Å². The molecule has 0 saturated heterocycles. The lowest BCUT2D eigenvalue weighted by molar-refractivity contribution is -0.112. The number of para-hydroxylation sites is 1. The van der Waals surface area contributed by atoms with E-state index in [0.717, 1.165) is 5.56 Å². The molecule has 0 saturated carbocycles. The van der Waals surface area contributed by atoms with Crippen LogP contribution in [0.25, 0.3) is 6.08 Å². The van der Waals surface area contributed by atoms with Gasteiger partial charge in [0.25, 0.3) is 5.91 Å². The summed E-state index contributed by atoms with van der Waals surface area (Å²) in [6.45, 7) is 0.311. The summed E-state index contributed by atoms with van der Waals surface area (Å²) in [6, 6.07) is 21.6. The number of ether oxygens (including phenoxy) is 1. The molecule has 0 bridgehead atoms. The molecule has 4 nitrogen and oxygen atoms in total. The highest BCUT2D eigenvalue weighted by atomic mass is 35.5. The van der Waals surface area contributed by atoms with Crippen LogP contribution in [0.15, 0.2) is 78.4 Å². The summed E-state index contributed by atoms with van der Waals surface area (Å²) in [4.78, 5) is 12.4. The molecule has 3 rings (SSSR count). The Kier molecular flexibility index (Phi) is 6.62. The van der Waals surface area contributed by atoms with Gasteiger partial charge < -0.3 is 10.1 Å². The maximum absolute atomic E-state index is 13.0. The fourth-order valence-electron chi connectivity index (χ4n) is 2.51. The van der Waals surface area contributed by atoms with Crippen LogP contribution in [0.5, 0.6) is 5.75 Å². The van der Waals surface area contributed by atoms with E-state index in [0.29, 0.717) is 28.6 Å². The number of nitrogens with zero attached hydrogens (tertiary/aromatic N) is 1. The van der Waals surface area contributed by atoms with Crippen LogP contribution in [-0.4, -0.2) is 5.91 Å². The summed E-state index contributed by atoms with van der Waals surface area (Å²) in [7, 11) is 0. The van der Waals surface area contributed by atoms with Gasteiger partial charge in [0.15, 0.2) is 0 Å². The Balaban J connectivity index is 1.76. The van der Waals surface area contributed by atoms with Gasteiger partial charge in [-0.3, -0.25) is 4.79 Å². The fourth-order valence-corrected chi connectivity index (χ4v) is 2.63. The minimum atomic E-state index is -0.591. The molecule has 3 aromatic carbocycles. The third kappa shape index (κ3) is 5.68. The van der Waals surface area contributed by atoms with E-state index in [1.807, 2.05) is 18.2 Å². The van der Waals surface area contributed by atoms with Crippen LogP contribution in [0.1, 0.15) is 11.1 Å². The zero-order valence-electron chi connectivity index (χ0n) is 15.2. The molecule has 6 heteroatoms. The third-order valence-electron chi connectivity index (χ3n) is 3.99. The lowest BCUT2D eigenvalue weighted by Crippen LogP contribution is -2.13. The first kappa shape index (κ1) is 20.1. The van der Waals surface area contributed by atoms with Crippen molar-refractivity contribution in [2.45, 2.75) is 6.61 Å². The van der Waals surface area contributed by atoms with Crippen LogP contribution in [0.4, 0.5) is 10.1 Å². The Hall–Kier alpha value is -3.62.